The van der Waals surface area contributed by atoms with Crippen LogP contribution in [0.1, 0.15) is 19.3 Å². The van der Waals surface area contributed by atoms with Gasteiger partial charge < -0.3 is 9.26 Å². The van der Waals surface area contributed by atoms with Crippen LogP contribution in [0.3, 0.4) is 0 Å². The summed E-state index contributed by atoms with van der Waals surface area (Å²) in [6, 6.07) is 15.6. The third-order valence-electron chi connectivity index (χ3n) is 4.61. The van der Waals surface area contributed by atoms with Crippen molar-refractivity contribution in [1.29, 1.82) is 0 Å². The number of carbonyl (C=O) groups excluding carboxylic acids is 1. The van der Waals surface area contributed by atoms with Crippen molar-refractivity contribution in [2.45, 2.75) is 19.3 Å². The second-order valence-electron chi connectivity index (χ2n) is 6.43. The Hall–Kier alpha value is -1.46. The number of ether oxygens (including phenoxy) is 1. The first kappa shape index (κ1) is 20.3. The molecular formula is C20H23BrNO4P. The maximum atomic E-state index is 13.8. The van der Waals surface area contributed by atoms with Crippen LogP contribution in [0.5, 0.6) is 0 Å². The Morgan fingerprint density at radius 1 is 1.07 bits per heavy atom. The van der Waals surface area contributed by atoms with Gasteiger partial charge in [-0.2, -0.15) is 0 Å². The molecule has 0 amide bonds. The van der Waals surface area contributed by atoms with E-state index in [1.807, 2.05) is 48.5 Å². The van der Waals surface area contributed by atoms with E-state index < -0.39 is 13.5 Å². The van der Waals surface area contributed by atoms with Gasteiger partial charge in [-0.15, -0.1) is 0 Å². The molecule has 0 radical (unpaired) electrons. The number of nitrogens with zero attached hydrogens (tertiary/aromatic N) is 1. The number of hydrogen-bond acceptors (Lipinski definition) is 4. The van der Waals surface area contributed by atoms with E-state index in [0.717, 1.165) is 34.9 Å². The van der Waals surface area contributed by atoms with Crippen molar-refractivity contribution in [2.75, 3.05) is 26.8 Å². The molecular weight excluding hydrogens is 429 g/mol. The normalized spacial score (nSPS) is 21.3. The van der Waals surface area contributed by atoms with Crippen LogP contribution in [0.25, 0.3) is 11.1 Å². The van der Waals surface area contributed by atoms with E-state index in [0.29, 0.717) is 18.5 Å². The Kier molecular flexibility index (Phi) is 6.88. The second-order valence-corrected chi connectivity index (χ2v) is 9.73. The van der Waals surface area contributed by atoms with Crippen LogP contribution < -0.4 is 5.30 Å². The minimum atomic E-state index is -3.31. The summed E-state index contributed by atoms with van der Waals surface area (Å²) in [5, 5.41) is 0.606. The molecule has 0 N–H and O–H groups in total. The number of esters is 1. The molecule has 0 saturated carbocycles. The smallest absolute Gasteiger partial charge is 0.320 e. The number of hydrogen-bond donors (Lipinski definition) is 0. The number of benzene rings is 2. The third-order valence-corrected chi connectivity index (χ3v) is 7.71. The highest BCUT2D eigenvalue weighted by Gasteiger charge is 2.36. The zero-order valence-electron chi connectivity index (χ0n) is 15.3. The molecule has 0 aliphatic carbocycles. The van der Waals surface area contributed by atoms with Crippen LogP contribution >= 0.6 is 23.4 Å². The van der Waals surface area contributed by atoms with Gasteiger partial charge in [0, 0.05) is 11.0 Å². The summed E-state index contributed by atoms with van der Waals surface area (Å²) in [5.41, 5.74) is 2.11. The fraction of sp³-hybridized carbons (Fsp3) is 0.350. The number of methoxy groups -OCH3 is 1. The van der Waals surface area contributed by atoms with Crippen molar-refractivity contribution in [3.8, 4) is 11.1 Å². The molecule has 1 saturated heterocycles. The molecule has 1 aliphatic rings. The lowest BCUT2D eigenvalue weighted by atomic mass is 10.1. The Morgan fingerprint density at radius 3 is 2.33 bits per heavy atom. The van der Waals surface area contributed by atoms with Gasteiger partial charge in [0.1, 0.15) is 6.54 Å². The zero-order valence-corrected chi connectivity index (χ0v) is 17.7. The van der Waals surface area contributed by atoms with E-state index in [-0.39, 0.29) is 6.54 Å². The van der Waals surface area contributed by atoms with Crippen LogP contribution in [0.2, 0.25) is 0 Å². The zero-order chi connectivity index (χ0) is 19.3. The average Bonchev–Trinajstić information content (AvgIpc) is 2.68. The maximum Gasteiger partial charge on any atom is 0.320 e. The van der Waals surface area contributed by atoms with Gasteiger partial charge in [-0.3, -0.25) is 9.36 Å². The van der Waals surface area contributed by atoms with Crippen LogP contribution in [-0.2, 0) is 18.6 Å². The Bertz CT molecular complexity index is 823. The molecule has 2 aromatic rings. The summed E-state index contributed by atoms with van der Waals surface area (Å²) in [4.78, 5) is 11.8. The molecule has 0 aromatic heterocycles. The van der Waals surface area contributed by atoms with Gasteiger partial charge in [0.15, 0.2) is 0 Å². The lowest BCUT2D eigenvalue weighted by Gasteiger charge is -2.32. The van der Waals surface area contributed by atoms with Gasteiger partial charge in [0.25, 0.3) is 0 Å². The first-order valence-corrected chi connectivity index (χ1v) is 11.3. The average molecular weight is 452 g/mol. The summed E-state index contributed by atoms with van der Waals surface area (Å²) < 4.78 is 27.1. The summed E-state index contributed by atoms with van der Waals surface area (Å²) in [6.45, 7) is 0.923. The highest BCUT2D eigenvalue weighted by atomic mass is 79.9. The topological polar surface area (TPSA) is 55.8 Å². The molecule has 5 nitrogen and oxygen atoms in total. The number of rotatable bonds is 4. The van der Waals surface area contributed by atoms with Crippen molar-refractivity contribution in [2.24, 2.45) is 0 Å². The molecule has 1 atom stereocenters. The molecule has 1 fully saturated rings. The Balaban J connectivity index is 1.90. The first-order valence-electron chi connectivity index (χ1n) is 8.96. The predicted octanol–water partition coefficient (Wildman–Crippen LogP) is 4.61. The molecule has 27 heavy (non-hydrogen) atoms. The van der Waals surface area contributed by atoms with E-state index in [4.69, 9.17) is 9.26 Å². The van der Waals surface area contributed by atoms with Gasteiger partial charge in [0.2, 0.25) is 0 Å². The molecule has 144 valence electrons. The molecule has 1 unspecified atom stereocenters. The molecule has 0 bridgehead atoms. The van der Waals surface area contributed by atoms with Crippen LogP contribution in [0.15, 0.2) is 53.0 Å². The number of carbonyl (C=O) groups is 1. The molecule has 0 spiro atoms. The molecule has 7 heteroatoms. The summed E-state index contributed by atoms with van der Waals surface area (Å²) in [6.07, 6.45) is 2.73. The summed E-state index contributed by atoms with van der Waals surface area (Å²) in [5.74, 6) is -0.411. The fourth-order valence-electron chi connectivity index (χ4n) is 3.08. The molecule has 1 aliphatic heterocycles. The summed E-state index contributed by atoms with van der Waals surface area (Å²) >= 11 is 3.44. The highest BCUT2D eigenvalue weighted by Crippen LogP contribution is 2.50. The monoisotopic (exact) mass is 451 g/mol. The van der Waals surface area contributed by atoms with Crippen molar-refractivity contribution in [3.63, 3.8) is 0 Å². The Morgan fingerprint density at radius 2 is 1.70 bits per heavy atom. The quantitative estimate of drug-likeness (QED) is 0.501. The second kappa shape index (κ2) is 9.16. The Labute approximate surface area is 168 Å². The lowest BCUT2D eigenvalue weighted by Crippen LogP contribution is -2.34. The van der Waals surface area contributed by atoms with Gasteiger partial charge in [-0.05, 0) is 54.7 Å². The number of halogens is 1. The van der Waals surface area contributed by atoms with E-state index in [1.54, 1.807) is 4.67 Å². The van der Waals surface area contributed by atoms with Gasteiger partial charge in [0.05, 0.1) is 19.0 Å². The van der Waals surface area contributed by atoms with Gasteiger partial charge >= 0.3 is 13.5 Å². The minimum Gasteiger partial charge on any atom is -0.468 e. The molecule has 2 aromatic carbocycles. The van der Waals surface area contributed by atoms with E-state index in [9.17, 15) is 9.36 Å². The van der Waals surface area contributed by atoms with Crippen LogP contribution in [0, 0.1) is 0 Å². The van der Waals surface area contributed by atoms with E-state index in [1.165, 1.54) is 7.11 Å². The summed E-state index contributed by atoms with van der Waals surface area (Å²) in [7, 11) is -1.97. The van der Waals surface area contributed by atoms with Crippen LogP contribution in [-0.4, -0.2) is 37.4 Å². The minimum absolute atomic E-state index is 0.0394. The van der Waals surface area contributed by atoms with Crippen molar-refractivity contribution in [1.82, 2.24) is 4.67 Å². The molecule has 1 heterocycles. The van der Waals surface area contributed by atoms with Crippen molar-refractivity contribution >= 4 is 34.7 Å². The highest BCUT2D eigenvalue weighted by molar-refractivity contribution is 9.10. The van der Waals surface area contributed by atoms with Crippen LogP contribution in [0.4, 0.5) is 0 Å². The SMILES string of the molecule is COC(=O)CN1CCCCCOP1(=O)c1ccc(-c2ccc(Br)cc2)cc1. The fourth-order valence-corrected chi connectivity index (χ4v) is 5.59. The van der Waals surface area contributed by atoms with E-state index >= 15 is 0 Å². The first-order chi connectivity index (χ1) is 13.0. The largest absolute Gasteiger partial charge is 0.468 e. The predicted molar refractivity (Wildman–Crippen MR) is 110 cm³/mol. The van der Waals surface area contributed by atoms with Gasteiger partial charge in [-0.25, -0.2) is 4.67 Å². The third kappa shape index (κ3) is 4.88. The van der Waals surface area contributed by atoms with E-state index in [2.05, 4.69) is 15.9 Å². The van der Waals surface area contributed by atoms with Crippen molar-refractivity contribution in [3.05, 3.63) is 53.0 Å². The molecule has 3 rings (SSSR count). The van der Waals surface area contributed by atoms with Gasteiger partial charge in [-0.1, -0.05) is 40.2 Å². The lowest BCUT2D eigenvalue weighted by molar-refractivity contribution is -0.141. The van der Waals surface area contributed by atoms with Crippen molar-refractivity contribution < 1.29 is 18.6 Å². The standard InChI is InChI=1S/C20H23BrNO4P/c1-25-20(23)15-22-13-3-2-4-14-26-27(22,24)19-11-7-17(8-12-19)16-5-9-18(21)10-6-16/h5-12H,2-4,13-15H2,1H3. The maximum absolute atomic E-state index is 13.8.